The van der Waals surface area contributed by atoms with Gasteiger partial charge in [0.15, 0.2) is 0 Å². The first kappa shape index (κ1) is 21.9. The summed E-state index contributed by atoms with van der Waals surface area (Å²) in [7, 11) is 4.73. The van der Waals surface area contributed by atoms with Crippen LogP contribution in [0, 0.1) is 0 Å². The maximum absolute atomic E-state index is 12.3. The molecule has 8 heteroatoms. The molecular weight excluding hydrogens is 398 g/mol. The lowest BCUT2D eigenvalue weighted by molar-refractivity contribution is -0.121. The summed E-state index contributed by atoms with van der Waals surface area (Å²) in [4.78, 5) is 24.5. The monoisotopic (exact) mass is 423 g/mol. The van der Waals surface area contributed by atoms with Crippen LogP contribution in [0.25, 0.3) is 11.3 Å². The second-order valence-electron chi connectivity index (χ2n) is 6.73. The van der Waals surface area contributed by atoms with Crippen LogP contribution >= 0.6 is 0 Å². The average Bonchev–Trinajstić information content (AvgIpc) is 2.80. The van der Waals surface area contributed by atoms with Crippen molar-refractivity contribution in [1.29, 1.82) is 0 Å². The van der Waals surface area contributed by atoms with Crippen molar-refractivity contribution in [3.63, 3.8) is 0 Å². The van der Waals surface area contributed by atoms with Crippen LogP contribution in [-0.4, -0.2) is 43.6 Å². The first-order valence-electron chi connectivity index (χ1n) is 9.74. The van der Waals surface area contributed by atoms with Crippen LogP contribution in [0.5, 0.6) is 17.2 Å². The Bertz CT molecular complexity index is 1090. The number of nitrogens with one attached hydrogen (secondary N) is 1. The van der Waals surface area contributed by atoms with E-state index in [0.717, 1.165) is 16.0 Å². The molecule has 1 amide bonds. The minimum absolute atomic E-state index is 0.173. The van der Waals surface area contributed by atoms with E-state index in [1.807, 2.05) is 24.3 Å². The predicted octanol–water partition coefficient (Wildman–Crippen LogP) is 2.29. The zero-order valence-electron chi connectivity index (χ0n) is 17.8. The second-order valence-corrected chi connectivity index (χ2v) is 6.73. The summed E-state index contributed by atoms with van der Waals surface area (Å²) in [6, 6.07) is 15.9. The number of rotatable bonds is 9. The van der Waals surface area contributed by atoms with E-state index in [2.05, 4.69) is 10.4 Å². The SMILES string of the molecule is COc1ccc(CCNC(=O)Cn2nc(-c3ccc(OC)cc3OC)ccc2=O)cc1. The summed E-state index contributed by atoms with van der Waals surface area (Å²) < 4.78 is 16.9. The van der Waals surface area contributed by atoms with Gasteiger partial charge in [-0.2, -0.15) is 5.10 Å². The highest BCUT2D eigenvalue weighted by Gasteiger charge is 2.12. The molecule has 0 aliphatic heterocycles. The zero-order valence-corrected chi connectivity index (χ0v) is 17.8. The molecular formula is C23H25N3O5. The first-order valence-corrected chi connectivity index (χ1v) is 9.74. The van der Waals surface area contributed by atoms with Gasteiger partial charge in [-0.1, -0.05) is 12.1 Å². The summed E-state index contributed by atoms with van der Waals surface area (Å²) in [5, 5.41) is 7.16. The van der Waals surface area contributed by atoms with Crippen molar-refractivity contribution in [3.05, 3.63) is 70.5 Å². The summed E-state index contributed by atoms with van der Waals surface area (Å²) in [6.07, 6.45) is 0.668. The topological polar surface area (TPSA) is 91.7 Å². The molecule has 1 aromatic heterocycles. The van der Waals surface area contributed by atoms with Gasteiger partial charge in [0, 0.05) is 24.2 Å². The van der Waals surface area contributed by atoms with Crippen LogP contribution in [0.3, 0.4) is 0 Å². The number of carbonyl (C=O) groups excluding carboxylic acids is 1. The number of methoxy groups -OCH3 is 3. The first-order chi connectivity index (χ1) is 15.0. The van der Waals surface area contributed by atoms with Crippen LogP contribution in [0.2, 0.25) is 0 Å². The number of hydrogen-bond acceptors (Lipinski definition) is 6. The smallest absolute Gasteiger partial charge is 0.267 e. The van der Waals surface area contributed by atoms with Gasteiger partial charge in [0.2, 0.25) is 5.91 Å². The van der Waals surface area contributed by atoms with Crippen LogP contribution in [0.1, 0.15) is 5.56 Å². The molecule has 162 valence electrons. The van der Waals surface area contributed by atoms with Crippen molar-refractivity contribution in [3.8, 4) is 28.5 Å². The van der Waals surface area contributed by atoms with E-state index >= 15 is 0 Å². The summed E-state index contributed by atoms with van der Waals surface area (Å²) >= 11 is 0. The number of amides is 1. The average molecular weight is 423 g/mol. The fourth-order valence-corrected chi connectivity index (χ4v) is 3.05. The summed E-state index contributed by atoms with van der Waals surface area (Å²) in [5.41, 5.74) is 1.92. The van der Waals surface area contributed by atoms with E-state index in [0.29, 0.717) is 35.7 Å². The molecule has 1 heterocycles. The van der Waals surface area contributed by atoms with E-state index in [9.17, 15) is 9.59 Å². The molecule has 8 nitrogen and oxygen atoms in total. The third-order valence-electron chi connectivity index (χ3n) is 4.74. The maximum atomic E-state index is 12.3. The van der Waals surface area contributed by atoms with Gasteiger partial charge >= 0.3 is 0 Å². The third-order valence-corrected chi connectivity index (χ3v) is 4.74. The molecule has 0 bridgehead atoms. The zero-order chi connectivity index (χ0) is 22.2. The molecule has 31 heavy (non-hydrogen) atoms. The lowest BCUT2D eigenvalue weighted by Gasteiger charge is -2.12. The normalized spacial score (nSPS) is 10.4. The van der Waals surface area contributed by atoms with Crippen LogP contribution < -0.4 is 25.1 Å². The van der Waals surface area contributed by atoms with Crippen molar-refractivity contribution in [2.24, 2.45) is 0 Å². The van der Waals surface area contributed by atoms with Crippen molar-refractivity contribution < 1.29 is 19.0 Å². The minimum Gasteiger partial charge on any atom is -0.497 e. The van der Waals surface area contributed by atoms with E-state index in [1.54, 1.807) is 45.6 Å². The lowest BCUT2D eigenvalue weighted by atomic mass is 10.1. The molecule has 0 saturated heterocycles. The Kier molecular flexibility index (Phi) is 7.26. The molecule has 0 aliphatic rings. The molecule has 0 unspecified atom stereocenters. The predicted molar refractivity (Wildman–Crippen MR) is 117 cm³/mol. The number of benzene rings is 2. The Hall–Kier alpha value is -3.81. The molecule has 0 radical (unpaired) electrons. The van der Waals surface area contributed by atoms with E-state index < -0.39 is 0 Å². The highest BCUT2D eigenvalue weighted by Crippen LogP contribution is 2.31. The van der Waals surface area contributed by atoms with Crippen molar-refractivity contribution in [2.45, 2.75) is 13.0 Å². The molecule has 0 saturated carbocycles. The quantitative estimate of drug-likeness (QED) is 0.568. The molecule has 3 aromatic rings. The van der Waals surface area contributed by atoms with Gasteiger partial charge < -0.3 is 19.5 Å². The number of carbonyl (C=O) groups is 1. The molecule has 3 rings (SSSR count). The molecule has 2 aromatic carbocycles. The van der Waals surface area contributed by atoms with Crippen molar-refractivity contribution >= 4 is 5.91 Å². The van der Waals surface area contributed by atoms with Gasteiger partial charge in [-0.05, 0) is 42.3 Å². The number of aromatic nitrogens is 2. The fraction of sp³-hybridized carbons (Fsp3) is 0.261. The lowest BCUT2D eigenvalue weighted by Crippen LogP contribution is -2.34. The maximum Gasteiger partial charge on any atom is 0.267 e. The highest BCUT2D eigenvalue weighted by atomic mass is 16.5. The number of hydrogen-bond donors (Lipinski definition) is 1. The number of ether oxygens (including phenoxy) is 3. The van der Waals surface area contributed by atoms with E-state index in [-0.39, 0.29) is 18.0 Å². The minimum atomic E-state index is -0.360. The van der Waals surface area contributed by atoms with Gasteiger partial charge in [-0.25, -0.2) is 4.68 Å². The van der Waals surface area contributed by atoms with Crippen LogP contribution in [-0.2, 0) is 17.8 Å². The number of nitrogens with zero attached hydrogens (tertiary/aromatic N) is 2. The Morgan fingerprint density at radius 1 is 0.935 bits per heavy atom. The molecule has 0 atom stereocenters. The van der Waals surface area contributed by atoms with Crippen LogP contribution in [0.15, 0.2) is 59.4 Å². The third kappa shape index (κ3) is 5.63. The van der Waals surface area contributed by atoms with E-state index in [4.69, 9.17) is 14.2 Å². The van der Waals surface area contributed by atoms with Crippen molar-refractivity contribution in [1.82, 2.24) is 15.1 Å². The molecule has 0 spiro atoms. The Labute approximate surface area is 180 Å². The fourth-order valence-electron chi connectivity index (χ4n) is 3.05. The van der Waals surface area contributed by atoms with Gasteiger partial charge in [-0.15, -0.1) is 0 Å². The molecule has 0 fully saturated rings. The van der Waals surface area contributed by atoms with Gasteiger partial charge in [0.25, 0.3) is 5.56 Å². The molecule has 1 N–H and O–H groups in total. The largest absolute Gasteiger partial charge is 0.497 e. The Morgan fingerprint density at radius 2 is 1.65 bits per heavy atom. The summed E-state index contributed by atoms with van der Waals surface area (Å²) in [6.45, 7) is 0.277. The Balaban J connectivity index is 1.66. The molecule has 0 aliphatic carbocycles. The van der Waals surface area contributed by atoms with Crippen LogP contribution in [0.4, 0.5) is 0 Å². The Morgan fingerprint density at radius 3 is 2.32 bits per heavy atom. The second kappa shape index (κ2) is 10.3. The highest BCUT2D eigenvalue weighted by molar-refractivity contribution is 5.75. The van der Waals surface area contributed by atoms with Gasteiger partial charge in [0.1, 0.15) is 23.8 Å². The van der Waals surface area contributed by atoms with Crippen molar-refractivity contribution in [2.75, 3.05) is 27.9 Å². The van der Waals surface area contributed by atoms with E-state index in [1.165, 1.54) is 6.07 Å². The van der Waals surface area contributed by atoms with Gasteiger partial charge in [-0.3, -0.25) is 9.59 Å². The van der Waals surface area contributed by atoms with Gasteiger partial charge in [0.05, 0.1) is 27.0 Å². The standard InChI is InChI=1S/C23H25N3O5/c1-29-17-6-4-16(5-7-17)12-13-24-22(27)15-26-23(28)11-10-20(25-26)19-9-8-18(30-2)14-21(19)31-3/h4-11,14H,12-13,15H2,1-3H3,(H,24,27). The summed E-state index contributed by atoms with van der Waals surface area (Å²) in [5.74, 6) is 1.69.